The summed E-state index contributed by atoms with van der Waals surface area (Å²) in [4.78, 5) is 33.0. The molecule has 7 rings (SSSR count). The van der Waals surface area contributed by atoms with Crippen molar-refractivity contribution in [3.05, 3.63) is 31.2 Å². The molecule has 7 heterocycles. The van der Waals surface area contributed by atoms with Gasteiger partial charge < -0.3 is 45.9 Å². The zero-order valence-electron chi connectivity index (χ0n) is 26.3. The first kappa shape index (κ1) is 34.6. The number of anilines is 2. The lowest BCUT2D eigenvalue weighted by atomic mass is 10.1. The SMILES string of the molecule is CCCNP1OCC2OC(n3cnc4c(N)ncnc43)C(O)C2O[P+](O)(NCCN)OCC2OC(n3cnc4c(N)ccnc43)C(O)C2O1. The Morgan fingerprint density at radius 1 is 0.939 bits per heavy atom. The van der Waals surface area contributed by atoms with Crippen molar-refractivity contribution in [3.8, 4) is 0 Å². The predicted octanol–water partition coefficient (Wildman–Crippen LogP) is -0.786. The fraction of sp³-hybridized carbons (Fsp3) is 0.577. The van der Waals surface area contributed by atoms with Crippen LogP contribution in [-0.2, 0) is 27.6 Å². The van der Waals surface area contributed by atoms with E-state index >= 15 is 0 Å². The molecule has 3 saturated heterocycles. The van der Waals surface area contributed by atoms with Crippen molar-refractivity contribution >= 4 is 50.5 Å². The van der Waals surface area contributed by atoms with Gasteiger partial charge in [-0.3, -0.25) is 14.2 Å². The predicted molar refractivity (Wildman–Crippen MR) is 175 cm³/mol. The molecular formula is C26H39N12O9P2+. The van der Waals surface area contributed by atoms with Crippen LogP contribution in [0.15, 0.2) is 31.2 Å². The van der Waals surface area contributed by atoms with Crippen LogP contribution in [0.25, 0.3) is 22.3 Å². The zero-order chi connectivity index (χ0) is 34.3. The van der Waals surface area contributed by atoms with Crippen LogP contribution in [0.2, 0.25) is 0 Å². The molecule has 3 fully saturated rings. The van der Waals surface area contributed by atoms with Gasteiger partial charge in [-0.05, 0) is 12.5 Å². The quantitative estimate of drug-likeness (QED) is 0.103. The van der Waals surface area contributed by atoms with Gasteiger partial charge in [0, 0.05) is 19.3 Å². The van der Waals surface area contributed by atoms with Crippen molar-refractivity contribution in [2.45, 2.75) is 62.4 Å². The number of fused-ring (bicyclic) bond motifs is 4. The highest BCUT2D eigenvalue weighted by Crippen LogP contribution is 2.57. The Kier molecular flexibility index (Phi) is 10.2. The second-order valence-corrected chi connectivity index (χ2v) is 14.7. The minimum atomic E-state index is -4.00. The van der Waals surface area contributed by atoms with Crippen LogP contribution in [-0.4, -0.2) is 119 Å². The maximum Gasteiger partial charge on any atom is 0.499 e. The molecule has 0 aliphatic carbocycles. The monoisotopic (exact) mass is 725 g/mol. The number of pyridine rings is 1. The number of nitrogens with two attached hydrogens (primary N) is 3. The molecule has 0 aromatic carbocycles. The molecule has 21 nitrogen and oxygen atoms in total. The Labute approximate surface area is 281 Å². The number of aliphatic hydroxyl groups excluding tert-OH is 2. The molecule has 0 amide bonds. The summed E-state index contributed by atoms with van der Waals surface area (Å²) in [5.41, 5.74) is 19.7. The van der Waals surface area contributed by atoms with Crippen molar-refractivity contribution in [1.82, 2.24) is 44.2 Å². The molecule has 11 N–H and O–H groups in total. The Morgan fingerprint density at radius 3 is 2.37 bits per heavy atom. The smallest absolute Gasteiger partial charge is 0.397 e. The van der Waals surface area contributed by atoms with Gasteiger partial charge in [0.25, 0.3) is 8.53 Å². The minimum absolute atomic E-state index is 0.109. The Bertz CT molecular complexity index is 1760. The van der Waals surface area contributed by atoms with E-state index in [4.69, 9.17) is 44.8 Å². The lowest BCUT2D eigenvalue weighted by molar-refractivity contribution is -0.0598. The van der Waals surface area contributed by atoms with E-state index in [9.17, 15) is 15.1 Å². The van der Waals surface area contributed by atoms with Crippen molar-refractivity contribution < 1.29 is 42.7 Å². The van der Waals surface area contributed by atoms with E-state index in [2.05, 4.69) is 35.1 Å². The van der Waals surface area contributed by atoms with E-state index in [1.54, 1.807) is 10.6 Å². The van der Waals surface area contributed by atoms with Crippen LogP contribution in [0.4, 0.5) is 11.5 Å². The molecule has 49 heavy (non-hydrogen) atoms. The molecule has 0 saturated carbocycles. The van der Waals surface area contributed by atoms with E-state index in [1.165, 1.54) is 29.7 Å². The highest BCUT2D eigenvalue weighted by molar-refractivity contribution is 7.58. The van der Waals surface area contributed by atoms with E-state index in [0.717, 1.165) is 6.42 Å². The molecule has 3 aliphatic heterocycles. The van der Waals surface area contributed by atoms with Gasteiger partial charge in [-0.2, -0.15) is 13.9 Å². The van der Waals surface area contributed by atoms with Gasteiger partial charge in [-0.1, -0.05) is 6.92 Å². The van der Waals surface area contributed by atoms with Crippen LogP contribution in [0.1, 0.15) is 25.8 Å². The number of rotatable bonds is 8. The fourth-order valence-electron chi connectivity index (χ4n) is 5.85. The lowest BCUT2D eigenvalue weighted by Gasteiger charge is -2.29. The number of aromatic nitrogens is 7. The number of nitrogens with zero attached hydrogens (tertiary/aromatic N) is 7. The molecule has 0 bridgehead atoms. The van der Waals surface area contributed by atoms with Gasteiger partial charge in [0.2, 0.25) is 0 Å². The largest absolute Gasteiger partial charge is 0.499 e. The average Bonchev–Trinajstić information content (AvgIpc) is 3.86. The number of hydrogen-bond acceptors (Lipinski definition) is 19. The topological polar surface area (TPSA) is 293 Å². The van der Waals surface area contributed by atoms with Gasteiger partial charge in [-0.15, -0.1) is 5.09 Å². The summed E-state index contributed by atoms with van der Waals surface area (Å²) >= 11 is 0. The van der Waals surface area contributed by atoms with Crippen molar-refractivity contribution in [1.29, 1.82) is 0 Å². The third-order valence-electron chi connectivity index (χ3n) is 8.24. The molecule has 23 heteroatoms. The minimum Gasteiger partial charge on any atom is -0.397 e. The highest BCUT2D eigenvalue weighted by atomic mass is 31.2. The van der Waals surface area contributed by atoms with Gasteiger partial charge >= 0.3 is 8.09 Å². The lowest BCUT2D eigenvalue weighted by Crippen LogP contribution is -2.42. The van der Waals surface area contributed by atoms with Gasteiger partial charge in [0.05, 0.1) is 31.5 Å². The van der Waals surface area contributed by atoms with Crippen molar-refractivity contribution in [2.75, 3.05) is 44.3 Å². The summed E-state index contributed by atoms with van der Waals surface area (Å²) in [5.74, 6) is 0.158. The second-order valence-electron chi connectivity index (χ2n) is 11.5. The maximum atomic E-state index is 11.8. The Balaban J connectivity index is 1.20. The molecule has 3 aliphatic rings. The first-order valence-electron chi connectivity index (χ1n) is 15.6. The van der Waals surface area contributed by atoms with Crippen LogP contribution in [0.5, 0.6) is 0 Å². The van der Waals surface area contributed by atoms with Crippen molar-refractivity contribution in [2.24, 2.45) is 5.73 Å². The van der Waals surface area contributed by atoms with E-state index in [-0.39, 0.29) is 32.1 Å². The van der Waals surface area contributed by atoms with E-state index < -0.39 is 65.7 Å². The summed E-state index contributed by atoms with van der Waals surface area (Å²) in [6.45, 7) is 2.30. The summed E-state index contributed by atoms with van der Waals surface area (Å²) in [5, 5.41) is 29.4. The number of hydrogen-bond donors (Lipinski definition) is 8. The van der Waals surface area contributed by atoms with Crippen LogP contribution in [0.3, 0.4) is 0 Å². The second kappa shape index (κ2) is 14.4. The first-order valence-corrected chi connectivity index (χ1v) is 18.4. The normalized spacial score (nSPS) is 34.1. The average molecular weight is 726 g/mol. The molecule has 10 unspecified atom stereocenters. The third-order valence-corrected chi connectivity index (χ3v) is 11.2. The number of imidazole rings is 2. The van der Waals surface area contributed by atoms with Crippen LogP contribution >= 0.6 is 16.6 Å². The first-order chi connectivity index (χ1) is 23.7. The maximum absolute atomic E-state index is 11.8. The number of nitrogen functional groups attached to an aromatic ring is 2. The Hall–Kier alpha value is -2.85. The standard InChI is InChI=1S/C26H39N12O9P2/c1-2-5-35-48-42-8-14-21(19(40)26(44-14)38-12-34-17-22(29)31-10-32-24(17)38)47-49(41,36-7-4-27)43-9-15-20(46-48)18(39)25(45-15)37-11-33-16-13(28)3-6-30-23(16)37/h3,6,10-12,14-15,18-21,25-26,35-36,39-41H,2,4-5,7-9,27H2,1H3,(H2,28,30)(H2,29,31,32)/q+1. The molecule has 4 aromatic rings. The van der Waals surface area contributed by atoms with Gasteiger partial charge in [0.1, 0.15) is 54.5 Å². The molecule has 266 valence electrons. The van der Waals surface area contributed by atoms with Gasteiger partial charge in [0.15, 0.2) is 35.7 Å². The van der Waals surface area contributed by atoms with E-state index in [1.807, 2.05) is 6.92 Å². The Morgan fingerprint density at radius 2 is 1.63 bits per heavy atom. The molecule has 0 radical (unpaired) electrons. The summed E-state index contributed by atoms with van der Waals surface area (Å²) in [6, 6.07) is 1.62. The van der Waals surface area contributed by atoms with Crippen LogP contribution < -0.4 is 27.4 Å². The zero-order valence-corrected chi connectivity index (χ0v) is 28.1. The summed E-state index contributed by atoms with van der Waals surface area (Å²) in [6.07, 6.45) is -2.34. The summed E-state index contributed by atoms with van der Waals surface area (Å²) in [7, 11) is -5.87. The number of ether oxygens (including phenoxy) is 2. The van der Waals surface area contributed by atoms with E-state index in [0.29, 0.717) is 34.6 Å². The number of nitrogens with one attached hydrogen (secondary N) is 2. The van der Waals surface area contributed by atoms with Gasteiger partial charge in [-0.25, -0.2) is 24.9 Å². The molecular weight excluding hydrogens is 686 g/mol. The number of aliphatic hydroxyl groups is 2. The highest BCUT2D eigenvalue weighted by Gasteiger charge is 2.57. The molecule has 0 spiro atoms. The van der Waals surface area contributed by atoms with Crippen molar-refractivity contribution in [3.63, 3.8) is 0 Å². The molecule has 4 aromatic heterocycles. The van der Waals surface area contributed by atoms with Crippen LogP contribution in [0, 0.1) is 0 Å². The summed E-state index contributed by atoms with van der Waals surface area (Å²) < 4.78 is 40.6. The fourth-order valence-corrected chi connectivity index (χ4v) is 8.82. The third kappa shape index (κ3) is 6.68. The molecule has 10 atom stereocenters.